The molecule has 0 aromatic carbocycles. The van der Waals surface area contributed by atoms with Crippen LogP contribution in [0.1, 0.15) is 44.4 Å². The summed E-state index contributed by atoms with van der Waals surface area (Å²) in [5, 5.41) is 15.9. The lowest BCUT2D eigenvalue weighted by Gasteiger charge is -2.26. The van der Waals surface area contributed by atoms with Gasteiger partial charge in [-0.3, -0.25) is 14.6 Å². The van der Waals surface area contributed by atoms with Gasteiger partial charge in [-0.2, -0.15) is 4.98 Å². The van der Waals surface area contributed by atoms with E-state index in [2.05, 4.69) is 20.4 Å². The van der Waals surface area contributed by atoms with Crippen molar-refractivity contribution in [3.8, 4) is 11.4 Å². The van der Waals surface area contributed by atoms with Crippen molar-refractivity contribution in [2.45, 2.75) is 51.0 Å². The average Bonchev–Trinajstić information content (AvgIpc) is 3.12. The molecular formula is C18H22N4O4. The number of hydrogen-bond acceptors (Lipinski definition) is 6. The van der Waals surface area contributed by atoms with Crippen LogP contribution in [0.3, 0.4) is 0 Å². The molecule has 1 saturated carbocycles. The van der Waals surface area contributed by atoms with Crippen LogP contribution in [0.25, 0.3) is 11.4 Å². The van der Waals surface area contributed by atoms with Crippen LogP contribution in [0.2, 0.25) is 0 Å². The second kappa shape index (κ2) is 8.55. The summed E-state index contributed by atoms with van der Waals surface area (Å²) in [4.78, 5) is 31.3. The summed E-state index contributed by atoms with van der Waals surface area (Å²) in [5.74, 6) is 0.00186. The first-order chi connectivity index (χ1) is 12.6. The van der Waals surface area contributed by atoms with Crippen LogP contribution in [0.5, 0.6) is 0 Å². The van der Waals surface area contributed by atoms with Crippen LogP contribution in [-0.4, -0.2) is 38.1 Å². The topological polar surface area (TPSA) is 118 Å². The number of nitrogens with one attached hydrogen (secondary N) is 1. The maximum Gasteiger partial charge on any atom is 0.306 e. The van der Waals surface area contributed by atoms with Crippen molar-refractivity contribution >= 4 is 11.9 Å². The van der Waals surface area contributed by atoms with Gasteiger partial charge < -0.3 is 14.9 Å². The number of aryl methyl sites for hydroxylation is 1. The van der Waals surface area contributed by atoms with Crippen molar-refractivity contribution in [2.75, 3.05) is 0 Å². The van der Waals surface area contributed by atoms with Gasteiger partial charge in [0.2, 0.25) is 17.6 Å². The van der Waals surface area contributed by atoms with Crippen molar-refractivity contribution in [1.82, 2.24) is 20.4 Å². The summed E-state index contributed by atoms with van der Waals surface area (Å²) in [6.45, 7) is 0. The molecule has 8 heteroatoms. The highest BCUT2D eigenvalue weighted by atomic mass is 16.5. The molecule has 0 aliphatic heterocycles. The van der Waals surface area contributed by atoms with Crippen molar-refractivity contribution in [1.29, 1.82) is 0 Å². The number of rotatable bonds is 7. The lowest BCUT2D eigenvalue weighted by atomic mass is 9.86. The zero-order valence-corrected chi connectivity index (χ0v) is 14.4. The fraction of sp³-hybridized carbons (Fsp3) is 0.500. The Kier molecular flexibility index (Phi) is 5.93. The van der Waals surface area contributed by atoms with Crippen LogP contribution in [0.15, 0.2) is 29.0 Å². The van der Waals surface area contributed by atoms with Gasteiger partial charge in [-0.25, -0.2) is 0 Å². The molecule has 2 heterocycles. The van der Waals surface area contributed by atoms with Crippen molar-refractivity contribution in [3.63, 3.8) is 0 Å². The number of nitrogens with zero attached hydrogens (tertiary/aromatic N) is 3. The largest absolute Gasteiger partial charge is 0.481 e. The van der Waals surface area contributed by atoms with E-state index >= 15 is 0 Å². The molecule has 0 spiro atoms. The molecule has 0 bridgehead atoms. The highest BCUT2D eigenvalue weighted by molar-refractivity contribution is 5.76. The maximum atomic E-state index is 12.0. The monoisotopic (exact) mass is 358 g/mol. The molecule has 8 nitrogen and oxygen atoms in total. The van der Waals surface area contributed by atoms with Gasteiger partial charge in [-0.05, 0) is 44.2 Å². The lowest BCUT2D eigenvalue weighted by Crippen LogP contribution is -2.38. The first-order valence-electron chi connectivity index (χ1n) is 8.87. The van der Waals surface area contributed by atoms with E-state index in [1.807, 2.05) is 0 Å². The van der Waals surface area contributed by atoms with Gasteiger partial charge in [0.25, 0.3) is 0 Å². The van der Waals surface area contributed by atoms with Crippen molar-refractivity contribution in [3.05, 3.63) is 30.4 Å². The average molecular weight is 358 g/mol. The first kappa shape index (κ1) is 18.0. The normalized spacial score (nSPS) is 19.8. The number of hydrogen-bond donors (Lipinski definition) is 2. The van der Waals surface area contributed by atoms with E-state index in [4.69, 9.17) is 9.63 Å². The fourth-order valence-electron chi connectivity index (χ4n) is 3.16. The van der Waals surface area contributed by atoms with E-state index in [1.165, 1.54) is 0 Å². The number of pyridine rings is 1. The van der Waals surface area contributed by atoms with E-state index in [-0.39, 0.29) is 17.9 Å². The standard InChI is InChI=1S/C18H22N4O4/c23-15(20-14-6-4-13(5-7-14)18(24)25)2-1-3-16-21-17(22-26-16)12-8-10-19-11-9-12/h8-11,13-14H,1-7H2,(H,20,23)(H,24,25). The summed E-state index contributed by atoms with van der Waals surface area (Å²) in [5.41, 5.74) is 0.838. The number of carbonyl (C=O) groups is 2. The number of aromatic nitrogens is 3. The number of carbonyl (C=O) groups excluding carboxylic acids is 1. The molecule has 0 radical (unpaired) electrons. The smallest absolute Gasteiger partial charge is 0.306 e. The van der Waals surface area contributed by atoms with Crippen LogP contribution < -0.4 is 5.32 Å². The Bertz CT molecular complexity index is 739. The molecule has 2 N–H and O–H groups in total. The molecule has 0 unspecified atom stereocenters. The zero-order valence-electron chi connectivity index (χ0n) is 14.4. The molecule has 1 amide bonds. The minimum atomic E-state index is -0.736. The first-order valence-corrected chi connectivity index (χ1v) is 8.87. The number of carboxylic acid groups (broad SMARTS) is 1. The van der Waals surface area contributed by atoms with Crippen molar-refractivity contribution in [2.24, 2.45) is 5.92 Å². The Morgan fingerprint density at radius 1 is 1.19 bits per heavy atom. The minimum absolute atomic E-state index is 0.0161. The van der Waals surface area contributed by atoms with Gasteiger partial charge >= 0.3 is 5.97 Å². The van der Waals surface area contributed by atoms with E-state index in [0.717, 1.165) is 18.4 Å². The van der Waals surface area contributed by atoms with E-state index in [9.17, 15) is 9.59 Å². The molecule has 2 aromatic heterocycles. The predicted octanol–water partition coefficient (Wildman–Crippen LogP) is 2.21. The predicted molar refractivity (Wildman–Crippen MR) is 92.0 cm³/mol. The van der Waals surface area contributed by atoms with Gasteiger partial charge in [0.1, 0.15) is 0 Å². The molecule has 1 aliphatic rings. The molecule has 26 heavy (non-hydrogen) atoms. The van der Waals surface area contributed by atoms with Gasteiger partial charge in [-0.1, -0.05) is 5.16 Å². The third-order valence-electron chi connectivity index (χ3n) is 4.64. The summed E-state index contributed by atoms with van der Waals surface area (Å²) < 4.78 is 5.22. The maximum absolute atomic E-state index is 12.0. The van der Waals surface area contributed by atoms with Crippen LogP contribution in [-0.2, 0) is 16.0 Å². The summed E-state index contributed by atoms with van der Waals surface area (Å²) in [6, 6.07) is 3.70. The number of carboxylic acids is 1. The third-order valence-corrected chi connectivity index (χ3v) is 4.64. The van der Waals surface area contributed by atoms with Gasteiger partial charge in [-0.15, -0.1) is 0 Å². The lowest BCUT2D eigenvalue weighted by molar-refractivity contribution is -0.142. The molecule has 1 aliphatic carbocycles. The Morgan fingerprint density at radius 2 is 1.92 bits per heavy atom. The van der Waals surface area contributed by atoms with Gasteiger partial charge in [0, 0.05) is 36.8 Å². The molecular weight excluding hydrogens is 336 g/mol. The molecule has 1 fully saturated rings. The molecule has 0 atom stereocenters. The van der Waals surface area contributed by atoms with E-state index < -0.39 is 5.97 Å². The Hall–Kier alpha value is -2.77. The van der Waals surface area contributed by atoms with Gasteiger partial charge in [0.15, 0.2) is 0 Å². The molecule has 3 rings (SSSR count). The summed E-state index contributed by atoms with van der Waals surface area (Å²) in [6.07, 6.45) is 7.57. The Morgan fingerprint density at radius 3 is 2.62 bits per heavy atom. The van der Waals surface area contributed by atoms with Crippen LogP contribution >= 0.6 is 0 Å². The fourth-order valence-corrected chi connectivity index (χ4v) is 3.16. The Balaban J connectivity index is 1.38. The van der Waals surface area contributed by atoms with E-state index in [0.29, 0.717) is 43.8 Å². The zero-order chi connectivity index (χ0) is 18.4. The summed E-state index contributed by atoms with van der Waals surface area (Å²) in [7, 11) is 0. The SMILES string of the molecule is O=C(CCCc1nc(-c2ccncc2)no1)NC1CCC(C(=O)O)CC1. The van der Waals surface area contributed by atoms with Crippen LogP contribution in [0.4, 0.5) is 0 Å². The highest BCUT2D eigenvalue weighted by Crippen LogP contribution is 2.24. The van der Waals surface area contributed by atoms with Crippen LogP contribution in [0, 0.1) is 5.92 Å². The second-order valence-corrected chi connectivity index (χ2v) is 6.56. The number of amides is 1. The summed E-state index contributed by atoms with van der Waals surface area (Å²) >= 11 is 0. The van der Waals surface area contributed by atoms with Crippen molar-refractivity contribution < 1.29 is 19.2 Å². The third kappa shape index (κ3) is 4.87. The van der Waals surface area contributed by atoms with E-state index in [1.54, 1.807) is 24.5 Å². The van der Waals surface area contributed by atoms with Gasteiger partial charge in [0.05, 0.1) is 5.92 Å². The minimum Gasteiger partial charge on any atom is -0.481 e. The Labute approximate surface area is 151 Å². The molecule has 2 aromatic rings. The quantitative estimate of drug-likeness (QED) is 0.779. The highest BCUT2D eigenvalue weighted by Gasteiger charge is 2.26. The second-order valence-electron chi connectivity index (χ2n) is 6.56. The molecule has 0 saturated heterocycles. The molecule has 138 valence electrons. The number of aliphatic carboxylic acids is 1.